The van der Waals surface area contributed by atoms with Crippen LogP contribution in [0, 0.1) is 5.92 Å². The SMILES string of the molecule is O=C(O)C1CCN(C(=O)CCN2CCSC2=O)CC1. The van der Waals surface area contributed by atoms with Gasteiger partial charge in [-0.05, 0) is 12.8 Å². The molecule has 2 amide bonds. The molecule has 0 bridgehead atoms. The summed E-state index contributed by atoms with van der Waals surface area (Å²) >= 11 is 1.29. The molecule has 0 saturated carbocycles. The van der Waals surface area contributed by atoms with Gasteiger partial charge in [0, 0.05) is 38.4 Å². The monoisotopic (exact) mass is 286 g/mol. The summed E-state index contributed by atoms with van der Waals surface area (Å²) in [5, 5.41) is 8.94. The first-order valence-corrected chi connectivity index (χ1v) is 7.49. The molecule has 2 heterocycles. The number of amides is 2. The molecule has 19 heavy (non-hydrogen) atoms. The number of nitrogens with zero attached hydrogens (tertiary/aromatic N) is 2. The molecule has 0 atom stereocenters. The third-order valence-electron chi connectivity index (χ3n) is 3.64. The highest BCUT2D eigenvalue weighted by Crippen LogP contribution is 2.20. The van der Waals surface area contributed by atoms with E-state index in [9.17, 15) is 14.4 Å². The van der Waals surface area contributed by atoms with E-state index < -0.39 is 5.97 Å². The Morgan fingerprint density at radius 3 is 2.47 bits per heavy atom. The van der Waals surface area contributed by atoms with Crippen LogP contribution in [0.3, 0.4) is 0 Å². The van der Waals surface area contributed by atoms with Crippen LogP contribution in [0.15, 0.2) is 0 Å². The molecule has 0 aromatic heterocycles. The van der Waals surface area contributed by atoms with Crippen molar-refractivity contribution in [3.8, 4) is 0 Å². The number of carbonyl (C=O) groups is 3. The number of carboxylic acids is 1. The smallest absolute Gasteiger partial charge is 0.306 e. The molecule has 106 valence electrons. The molecule has 0 aromatic carbocycles. The first-order valence-electron chi connectivity index (χ1n) is 6.50. The van der Waals surface area contributed by atoms with Crippen LogP contribution in [0.2, 0.25) is 0 Å². The lowest BCUT2D eigenvalue weighted by Gasteiger charge is -2.30. The van der Waals surface area contributed by atoms with Crippen molar-refractivity contribution >= 4 is 28.9 Å². The van der Waals surface area contributed by atoms with Crippen LogP contribution in [0.1, 0.15) is 19.3 Å². The first-order chi connectivity index (χ1) is 9.08. The van der Waals surface area contributed by atoms with Gasteiger partial charge in [-0.2, -0.15) is 0 Å². The maximum atomic E-state index is 12.0. The third-order valence-corrected chi connectivity index (χ3v) is 4.53. The molecule has 0 unspecified atom stereocenters. The molecule has 7 heteroatoms. The number of piperidine rings is 1. The Morgan fingerprint density at radius 2 is 1.95 bits per heavy atom. The second kappa shape index (κ2) is 6.27. The minimum Gasteiger partial charge on any atom is -0.481 e. The molecular weight excluding hydrogens is 268 g/mol. The van der Waals surface area contributed by atoms with Crippen molar-refractivity contribution in [1.29, 1.82) is 0 Å². The molecule has 2 aliphatic rings. The first kappa shape index (κ1) is 14.2. The standard InChI is InChI=1S/C12H18N2O4S/c15-10(3-6-14-7-8-19-12(14)18)13-4-1-9(2-5-13)11(16)17/h9H,1-8H2,(H,16,17). The van der Waals surface area contributed by atoms with Crippen LogP contribution in [0.5, 0.6) is 0 Å². The summed E-state index contributed by atoms with van der Waals surface area (Å²) in [4.78, 5) is 37.6. The van der Waals surface area contributed by atoms with Gasteiger partial charge in [0.25, 0.3) is 5.24 Å². The Kier molecular flexibility index (Phi) is 4.68. The molecule has 0 aliphatic carbocycles. The lowest BCUT2D eigenvalue weighted by molar-refractivity contribution is -0.145. The number of aliphatic carboxylic acids is 1. The maximum Gasteiger partial charge on any atom is 0.306 e. The van der Waals surface area contributed by atoms with Gasteiger partial charge in [0.2, 0.25) is 5.91 Å². The number of thioether (sulfide) groups is 1. The van der Waals surface area contributed by atoms with Crippen LogP contribution in [-0.4, -0.2) is 64.0 Å². The average molecular weight is 286 g/mol. The molecule has 2 aliphatic heterocycles. The van der Waals surface area contributed by atoms with E-state index in [4.69, 9.17) is 5.11 Å². The predicted octanol–water partition coefficient (Wildman–Crippen LogP) is 0.869. The lowest BCUT2D eigenvalue weighted by atomic mass is 9.97. The summed E-state index contributed by atoms with van der Waals surface area (Å²) in [6.07, 6.45) is 1.39. The molecule has 0 spiro atoms. The summed E-state index contributed by atoms with van der Waals surface area (Å²) in [5.74, 6) is -0.266. The number of hydrogen-bond acceptors (Lipinski definition) is 4. The van der Waals surface area contributed by atoms with Gasteiger partial charge >= 0.3 is 5.97 Å². The van der Waals surface area contributed by atoms with Crippen molar-refractivity contribution in [2.45, 2.75) is 19.3 Å². The number of hydrogen-bond donors (Lipinski definition) is 1. The van der Waals surface area contributed by atoms with E-state index in [0.29, 0.717) is 38.9 Å². The molecular formula is C12H18N2O4S. The Labute approximate surface area is 116 Å². The van der Waals surface area contributed by atoms with Gasteiger partial charge in [0.05, 0.1) is 5.92 Å². The third kappa shape index (κ3) is 3.62. The van der Waals surface area contributed by atoms with Gasteiger partial charge in [-0.15, -0.1) is 0 Å². The zero-order valence-electron chi connectivity index (χ0n) is 10.7. The molecule has 1 N–H and O–H groups in total. The highest BCUT2D eigenvalue weighted by molar-refractivity contribution is 8.13. The molecule has 2 saturated heterocycles. The summed E-state index contributed by atoms with van der Waals surface area (Å²) in [7, 11) is 0. The van der Waals surface area contributed by atoms with Gasteiger partial charge in [-0.25, -0.2) is 0 Å². The normalized spacial score (nSPS) is 20.9. The Bertz CT molecular complexity index is 380. The number of carboxylic acid groups (broad SMARTS) is 1. The molecule has 2 rings (SSSR count). The Hall–Kier alpha value is -1.24. The van der Waals surface area contributed by atoms with Crippen LogP contribution in [-0.2, 0) is 9.59 Å². The van der Waals surface area contributed by atoms with Crippen LogP contribution in [0.25, 0.3) is 0 Å². The van der Waals surface area contributed by atoms with E-state index in [2.05, 4.69) is 0 Å². The van der Waals surface area contributed by atoms with Crippen LogP contribution >= 0.6 is 11.8 Å². The topological polar surface area (TPSA) is 77.9 Å². The van der Waals surface area contributed by atoms with Crippen molar-refractivity contribution in [2.24, 2.45) is 5.92 Å². The van der Waals surface area contributed by atoms with Crippen LogP contribution in [0.4, 0.5) is 4.79 Å². The van der Waals surface area contributed by atoms with Crippen molar-refractivity contribution in [3.63, 3.8) is 0 Å². The van der Waals surface area contributed by atoms with Gasteiger partial charge in [0.1, 0.15) is 0 Å². The summed E-state index contributed by atoms with van der Waals surface area (Å²) < 4.78 is 0. The van der Waals surface area contributed by atoms with Gasteiger partial charge < -0.3 is 14.9 Å². The Morgan fingerprint density at radius 1 is 1.26 bits per heavy atom. The summed E-state index contributed by atoms with van der Waals surface area (Å²) in [5.41, 5.74) is 0. The van der Waals surface area contributed by atoms with Crippen molar-refractivity contribution in [1.82, 2.24) is 9.80 Å². The Balaban J connectivity index is 1.72. The van der Waals surface area contributed by atoms with Gasteiger partial charge in [-0.1, -0.05) is 11.8 Å². The minimum atomic E-state index is -0.771. The zero-order valence-corrected chi connectivity index (χ0v) is 11.5. The quantitative estimate of drug-likeness (QED) is 0.829. The van der Waals surface area contributed by atoms with E-state index in [-0.39, 0.29) is 17.1 Å². The second-order valence-electron chi connectivity index (χ2n) is 4.84. The van der Waals surface area contributed by atoms with Gasteiger partial charge in [0.15, 0.2) is 0 Å². The number of likely N-dealkylation sites (tertiary alicyclic amines) is 1. The average Bonchev–Trinajstić information content (AvgIpc) is 2.81. The van der Waals surface area contributed by atoms with Crippen LogP contribution < -0.4 is 0 Å². The highest BCUT2D eigenvalue weighted by Gasteiger charge is 2.28. The maximum absolute atomic E-state index is 12.0. The fourth-order valence-corrected chi connectivity index (χ4v) is 3.24. The van der Waals surface area contributed by atoms with E-state index in [1.165, 1.54) is 11.8 Å². The largest absolute Gasteiger partial charge is 0.481 e. The number of rotatable bonds is 4. The van der Waals surface area contributed by atoms with Gasteiger partial charge in [-0.3, -0.25) is 14.4 Å². The van der Waals surface area contributed by atoms with Crippen molar-refractivity contribution in [3.05, 3.63) is 0 Å². The zero-order chi connectivity index (χ0) is 13.8. The number of carbonyl (C=O) groups excluding carboxylic acids is 2. The fraction of sp³-hybridized carbons (Fsp3) is 0.750. The molecule has 0 radical (unpaired) electrons. The van der Waals surface area contributed by atoms with Crippen molar-refractivity contribution in [2.75, 3.05) is 31.9 Å². The second-order valence-corrected chi connectivity index (χ2v) is 5.89. The lowest BCUT2D eigenvalue weighted by Crippen LogP contribution is -2.41. The highest BCUT2D eigenvalue weighted by atomic mass is 32.2. The molecule has 0 aromatic rings. The minimum absolute atomic E-state index is 0.0218. The predicted molar refractivity (Wildman–Crippen MR) is 71.0 cm³/mol. The van der Waals surface area contributed by atoms with E-state index in [0.717, 1.165) is 12.3 Å². The van der Waals surface area contributed by atoms with E-state index in [1.54, 1.807) is 9.80 Å². The molecule has 2 fully saturated rings. The fourth-order valence-electron chi connectivity index (χ4n) is 2.39. The van der Waals surface area contributed by atoms with Crippen molar-refractivity contribution < 1.29 is 19.5 Å². The molecule has 6 nitrogen and oxygen atoms in total. The summed E-state index contributed by atoms with van der Waals surface area (Å²) in [6.45, 7) is 2.22. The van der Waals surface area contributed by atoms with E-state index in [1.807, 2.05) is 0 Å². The van der Waals surface area contributed by atoms with E-state index >= 15 is 0 Å². The summed E-state index contributed by atoms with van der Waals surface area (Å²) in [6, 6.07) is 0.